The van der Waals surface area contributed by atoms with Gasteiger partial charge in [0.05, 0.1) is 21.0 Å². The van der Waals surface area contributed by atoms with E-state index in [1.807, 2.05) is 16.4 Å². The van der Waals surface area contributed by atoms with E-state index in [4.69, 9.17) is 5.11 Å². The van der Waals surface area contributed by atoms with Crippen LogP contribution in [0.2, 0.25) is 0 Å². The number of hydrogen-bond donors (Lipinski definition) is 8. The average Bonchev–Trinajstić information content (AvgIpc) is 1.52. The Morgan fingerprint density at radius 1 is 0.678 bits per heavy atom. The molecule has 4 aromatic carbocycles. The standard InChI is InChI=1S/C60H77N5O20S5/c1-59(2)51-21-8-4-9-22-52-60(3,57-45-37-41(88(77,78)79)39-50(90(83,84)85)43(45)27-29-48(57)65(52)34-18-19-35-86(71,72)73)30-14-5-10-23-53(66)61-31-16-13-20-46(58(70)62-32-15-6-12-25-55(68)69)63-54(67)24-11-7-17-33-64(51)47-28-26-42-44(56(47)59)36-40(87(74,75)76)38-49(42)89(80,81)82/h4,8-9,21-22,26-29,36-39,46H,5-7,10-20,23-25,30-35H2,1-3H3,(H8-,61,62,63,66,67,68,69,70,71,72,73,74,75,76,77,78,79,80,81,82,83,84,85). The maximum absolute atomic E-state index is 13.5. The van der Waals surface area contributed by atoms with E-state index >= 15 is 0 Å². The second-order valence-corrected chi connectivity index (χ2v) is 30.8. The maximum Gasteiger partial charge on any atom is 0.303 e. The fourth-order valence-corrected chi connectivity index (χ4v) is 15.7. The van der Waals surface area contributed by atoms with E-state index in [-0.39, 0.29) is 104 Å². The highest BCUT2D eigenvalue weighted by Crippen LogP contribution is 2.54. The molecule has 2 unspecified atom stereocenters. The molecule has 0 aliphatic carbocycles. The van der Waals surface area contributed by atoms with Crippen LogP contribution < -0.4 is 20.9 Å². The zero-order valence-electron chi connectivity index (χ0n) is 50.1. The molecule has 3 aliphatic heterocycles. The lowest BCUT2D eigenvalue weighted by atomic mass is 9.75. The number of carboxylic acids is 1. The Balaban J connectivity index is 1.33. The van der Waals surface area contributed by atoms with Gasteiger partial charge in [0.2, 0.25) is 23.4 Å². The number of fused-ring (bicyclic) bond motifs is 9. The van der Waals surface area contributed by atoms with Crippen molar-refractivity contribution in [2.24, 2.45) is 0 Å². The van der Waals surface area contributed by atoms with Crippen LogP contribution in [-0.4, -0.2) is 142 Å². The summed E-state index contributed by atoms with van der Waals surface area (Å²) in [5.74, 6) is -2.52. The van der Waals surface area contributed by atoms with Gasteiger partial charge in [-0.2, -0.15) is 38.2 Å². The number of hydrogen-bond acceptors (Lipinski definition) is 16. The van der Waals surface area contributed by atoms with Gasteiger partial charge in [-0.15, -0.1) is 0 Å². The lowest BCUT2D eigenvalue weighted by molar-refractivity contribution is -0.438. The van der Waals surface area contributed by atoms with Crippen molar-refractivity contribution >= 4 is 113 Å². The van der Waals surface area contributed by atoms with Crippen molar-refractivity contribution in [1.29, 1.82) is 0 Å². The van der Waals surface area contributed by atoms with Crippen LogP contribution >= 0.6 is 0 Å². The largest absolute Gasteiger partial charge is 0.744 e. The highest BCUT2D eigenvalue weighted by Gasteiger charge is 2.47. The first-order valence-electron chi connectivity index (χ1n) is 29.6. The Morgan fingerprint density at radius 2 is 1.31 bits per heavy atom. The summed E-state index contributed by atoms with van der Waals surface area (Å²) in [6, 6.07) is 8.52. The molecule has 25 nitrogen and oxygen atoms in total. The zero-order chi connectivity index (χ0) is 66.2. The van der Waals surface area contributed by atoms with Gasteiger partial charge in [0, 0.05) is 90.6 Å². The number of carbonyl (C=O) groups is 4. The predicted molar refractivity (Wildman–Crippen MR) is 334 cm³/mol. The molecule has 0 bridgehead atoms. The number of unbranched alkanes of at least 4 members (excludes halogenated alkanes) is 3. The highest BCUT2D eigenvalue weighted by atomic mass is 32.2. The van der Waals surface area contributed by atoms with Crippen molar-refractivity contribution in [3.63, 3.8) is 0 Å². The first-order valence-corrected chi connectivity index (χ1v) is 37.0. The Hall–Kier alpha value is -6.48. The van der Waals surface area contributed by atoms with Gasteiger partial charge in [-0.05, 0) is 150 Å². The first-order chi connectivity index (χ1) is 42.0. The van der Waals surface area contributed by atoms with Crippen molar-refractivity contribution in [3.05, 3.63) is 95.7 Å². The fraction of sp³-hybridized carbons (Fsp3) is 0.483. The summed E-state index contributed by atoms with van der Waals surface area (Å²) >= 11 is 0. The third-order valence-corrected chi connectivity index (χ3v) is 20.9. The van der Waals surface area contributed by atoms with Gasteiger partial charge in [-0.3, -0.25) is 37.4 Å². The lowest BCUT2D eigenvalue weighted by Crippen LogP contribution is -2.47. The van der Waals surface area contributed by atoms with Crippen molar-refractivity contribution < 1.29 is 93.7 Å². The number of nitrogens with zero attached hydrogens (tertiary/aromatic N) is 2. The Morgan fingerprint density at radius 3 is 1.96 bits per heavy atom. The second-order valence-electron chi connectivity index (χ2n) is 23.6. The van der Waals surface area contributed by atoms with Crippen molar-refractivity contribution in [2.75, 3.05) is 36.8 Å². The smallest absolute Gasteiger partial charge is 0.303 e. The molecule has 3 heterocycles. The van der Waals surface area contributed by atoms with Crippen LogP contribution in [0.4, 0.5) is 11.4 Å². The molecule has 0 spiro atoms. The highest BCUT2D eigenvalue weighted by molar-refractivity contribution is 7.87. The van der Waals surface area contributed by atoms with E-state index in [0.29, 0.717) is 117 Å². The molecule has 492 valence electrons. The number of anilines is 1. The molecular weight excluding hydrogens is 1270 g/mol. The number of amides is 3. The van der Waals surface area contributed by atoms with Crippen LogP contribution in [-0.2, 0) is 80.6 Å². The van der Waals surface area contributed by atoms with Crippen LogP contribution in [0.5, 0.6) is 0 Å². The minimum absolute atomic E-state index is 0.00331. The molecular formula is C60H77N5O20S5. The van der Waals surface area contributed by atoms with E-state index in [9.17, 15) is 84.0 Å². The molecule has 0 aromatic heterocycles. The molecule has 3 aliphatic rings. The van der Waals surface area contributed by atoms with Gasteiger partial charge in [0.1, 0.15) is 32.5 Å². The van der Waals surface area contributed by atoms with E-state index < -0.39 is 105 Å². The minimum atomic E-state index is -5.29. The van der Waals surface area contributed by atoms with Crippen LogP contribution in [0, 0.1) is 0 Å². The molecule has 4 aromatic rings. The number of allylic oxidation sites excluding steroid dienone is 6. The molecule has 8 N–H and O–H groups in total. The first kappa shape index (κ1) is 71.0. The molecule has 3 amide bonds. The third-order valence-electron chi connectivity index (χ3n) is 16.7. The molecule has 90 heavy (non-hydrogen) atoms. The van der Waals surface area contributed by atoms with E-state index in [2.05, 4.69) is 16.0 Å². The summed E-state index contributed by atoms with van der Waals surface area (Å²) in [4.78, 5) is 49.8. The van der Waals surface area contributed by atoms with Crippen molar-refractivity contribution in [1.82, 2.24) is 16.0 Å². The Bertz CT molecular complexity index is 4180. The molecule has 2 atom stereocenters. The summed E-state index contributed by atoms with van der Waals surface area (Å²) < 4.78 is 182. The van der Waals surface area contributed by atoms with Crippen LogP contribution in [0.15, 0.2) is 104 Å². The number of benzene rings is 4. The molecule has 0 radical (unpaired) electrons. The van der Waals surface area contributed by atoms with Gasteiger partial charge in [-0.1, -0.05) is 43.6 Å². The molecule has 0 fully saturated rings. The summed E-state index contributed by atoms with van der Waals surface area (Å²) in [6.45, 7) is 6.38. The topological polar surface area (TPSA) is 406 Å². The van der Waals surface area contributed by atoms with Gasteiger partial charge >= 0.3 is 5.97 Å². The number of rotatable bonds is 16. The van der Waals surface area contributed by atoms with Gasteiger partial charge in [-0.25, -0.2) is 8.42 Å². The number of aliphatic carboxylic acids is 1. The third kappa shape index (κ3) is 17.6. The van der Waals surface area contributed by atoms with Crippen molar-refractivity contribution in [3.8, 4) is 0 Å². The lowest BCUT2D eigenvalue weighted by Gasteiger charge is -2.31. The Labute approximate surface area is 524 Å². The molecule has 0 saturated carbocycles. The summed E-state index contributed by atoms with van der Waals surface area (Å²) in [5, 5.41) is 17.6. The molecule has 30 heteroatoms. The number of carboxylic acid groups (broad SMARTS) is 1. The quantitative estimate of drug-likeness (QED) is 0.0305. The fourth-order valence-electron chi connectivity index (χ4n) is 12.4. The number of nitrogens with one attached hydrogen (secondary N) is 3. The normalized spacial score (nSPS) is 21.1. The summed E-state index contributed by atoms with van der Waals surface area (Å²) in [7, 11) is -25.0. The molecule has 7 rings (SSSR count). The van der Waals surface area contributed by atoms with Gasteiger partial charge < -0.3 is 30.5 Å². The van der Waals surface area contributed by atoms with E-state index in [1.165, 1.54) is 12.1 Å². The maximum atomic E-state index is 13.5. The summed E-state index contributed by atoms with van der Waals surface area (Å²) in [5.41, 5.74) is 0.691. The summed E-state index contributed by atoms with van der Waals surface area (Å²) in [6.07, 6.45) is 14.5. The van der Waals surface area contributed by atoms with Crippen LogP contribution in [0.1, 0.15) is 147 Å². The van der Waals surface area contributed by atoms with E-state index in [0.717, 1.165) is 12.1 Å². The van der Waals surface area contributed by atoms with Crippen molar-refractivity contribution in [2.45, 2.75) is 173 Å². The Kier molecular flexibility index (Phi) is 22.9. The second kappa shape index (κ2) is 29.0. The van der Waals surface area contributed by atoms with Gasteiger partial charge in [0.25, 0.3) is 40.5 Å². The number of carbonyl (C=O) groups excluding carboxylic acids is 3. The monoisotopic (exact) mass is 1350 g/mol. The van der Waals surface area contributed by atoms with E-state index in [1.54, 1.807) is 56.4 Å². The minimum Gasteiger partial charge on any atom is -0.744 e. The van der Waals surface area contributed by atoms with Crippen LogP contribution in [0.25, 0.3) is 21.5 Å². The SMILES string of the molecule is CC1(C)C2=[N+](CCCCCC(=O)NC(C(=O)NCCCCCC(=O)O)CCCCNC(=O)CCCCCC3(C)/C(=C/C=C/C=C/2)N(CCCCS(=O)(=O)O)c2ccc4c(S(=O)(=O)O)cc(S(=O)(=O)O)cc4c23)c2ccc3c(S(=O)(=O)O)cc(S(=O)(=O)[O-])cc3c21. The molecule has 0 saturated heterocycles. The predicted octanol–water partition coefficient (Wildman–Crippen LogP) is 7.51. The van der Waals surface area contributed by atoms with Gasteiger partial charge in [0.15, 0.2) is 5.71 Å². The zero-order valence-corrected chi connectivity index (χ0v) is 54.2. The average molecular weight is 1350 g/mol. The van der Waals surface area contributed by atoms with Crippen LogP contribution in [0.3, 0.4) is 0 Å².